The van der Waals surface area contributed by atoms with Gasteiger partial charge < -0.3 is 0 Å². The van der Waals surface area contributed by atoms with Crippen molar-refractivity contribution in [1.82, 2.24) is 0 Å². The van der Waals surface area contributed by atoms with Crippen molar-refractivity contribution >= 4 is 62.3 Å². The van der Waals surface area contributed by atoms with Crippen molar-refractivity contribution < 1.29 is 4.92 Å². The van der Waals surface area contributed by atoms with Crippen LogP contribution in [-0.2, 0) is 0 Å². The van der Waals surface area contributed by atoms with Crippen molar-refractivity contribution in [2.75, 3.05) is 0 Å². The van der Waals surface area contributed by atoms with Crippen LogP contribution >= 0.6 is 46.6 Å². The maximum absolute atomic E-state index is 10.8. The lowest BCUT2D eigenvalue weighted by atomic mass is 10.2. The summed E-state index contributed by atoms with van der Waals surface area (Å²) in [5, 5.41) is 13.5. The van der Waals surface area contributed by atoms with E-state index in [1.165, 1.54) is 0 Å². The number of benzene rings is 1. The summed E-state index contributed by atoms with van der Waals surface area (Å²) in [7, 11) is 0. The Labute approximate surface area is 103 Å². The summed E-state index contributed by atoms with van der Waals surface area (Å²) in [5.41, 5.74) is 0.0971. The number of fused-ring (bicyclic) bond motifs is 1. The van der Waals surface area contributed by atoms with Crippen LogP contribution in [0.3, 0.4) is 0 Å². The van der Waals surface area contributed by atoms with Crippen LogP contribution in [0.5, 0.6) is 0 Å². The molecule has 1 aromatic heterocycles. The molecule has 1 aromatic carbocycles. The number of thiophene rings is 1. The molecule has 0 aliphatic carbocycles. The van der Waals surface area contributed by atoms with Gasteiger partial charge >= 0.3 is 0 Å². The molecular weight excluding hydrogens is 333 g/mol. The van der Waals surface area contributed by atoms with Gasteiger partial charge in [0.2, 0.25) is 0 Å². The minimum absolute atomic E-state index is 0.0971. The first-order valence-electron chi connectivity index (χ1n) is 3.64. The summed E-state index contributed by atoms with van der Waals surface area (Å²) in [5.74, 6) is 0. The quantitative estimate of drug-likeness (QED) is 0.373. The van der Waals surface area contributed by atoms with E-state index in [2.05, 4.69) is 12.6 Å². The van der Waals surface area contributed by atoms with E-state index in [0.717, 1.165) is 10.1 Å². The molecule has 0 bridgehead atoms. The zero-order chi connectivity index (χ0) is 10.3. The van der Waals surface area contributed by atoms with E-state index in [0.29, 0.717) is 8.47 Å². The summed E-state index contributed by atoms with van der Waals surface area (Å²) in [6.07, 6.45) is 0. The smallest absolute Gasteiger partial charge is 0.258 e. The number of halogens is 1. The Bertz CT molecular complexity index is 523. The lowest BCUT2D eigenvalue weighted by Crippen LogP contribution is -1.93. The van der Waals surface area contributed by atoms with Gasteiger partial charge in [-0.15, -0.1) is 24.0 Å². The summed E-state index contributed by atoms with van der Waals surface area (Å²) in [6, 6.07) is 3.67. The van der Waals surface area contributed by atoms with E-state index < -0.39 is 0 Å². The lowest BCUT2D eigenvalue weighted by Gasteiger charge is -2.00. The first-order chi connectivity index (χ1) is 6.61. The standard InChI is InChI=1S/C8H4INO2S2/c9-5-3-6-4(1-2-14-6)8(13)7(5)10(11)12/h1-3,13H. The van der Waals surface area contributed by atoms with Gasteiger partial charge in [0.1, 0.15) is 0 Å². The first-order valence-corrected chi connectivity index (χ1v) is 6.05. The van der Waals surface area contributed by atoms with E-state index >= 15 is 0 Å². The highest BCUT2D eigenvalue weighted by atomic mass is 127. The second-order valence-electron chi connectivity index (χ2n) is 2.65. The zero-order valence-electron chi connectivity index (χ0n) is 6.73. The number of nitrogens with zero attached hydrogens (tertiary/aromatic N) is 1. The highest BCUT2D eigenvalue weighted by molar-refractivity contribution is 14.1. The molecule has 0 unspecified atom stereocenters. The summed E-state index contributed by atoms with van der Waals surface area (Å²) >= 11 is 7.72. The van der Waals surface area contributed by atoms with Crippen molar-refractivity contribution in [2.24, 2.45) is 0 Å². The molecule has 0 N–H and O–H groups in total. The van der Waals surface area contributed by atoms with Gasteiger partial charge in [-0.2, -0.15) is 0 Å². The molecule has 0 radical (unpaired) electrons. The van der Waals surface area contributed by atoms with E-state index in [1.807, 2.05) is 40.1 Å². The van der Waals surface area contributed by atoms with Gasteiger partial charge in [-0.25, -0.2) is 0 Å². The molecule has 0 spiro atoms. The van der Waals surface area contributed by atoms with Crippen LogP contribution < -0.4 is 0 Å². The average Bonchev–Trinajstić information content (AvgIpc) is 2.50. The Hall–Kier alpha value is -0.340. The second kappa shape index (κ2) is 3.67. The van der Waals surface area contributed by atoms with Crippen LogP contribution in [0.4, 0.5) is 5.69 Å². The third-order valence-corrected chi connectivity index (χ3v) is 3.98. The minimum Gasteiger partial charge on any atom is -0.258 e. The van der Waals surface area contributed by atoms with Gasteiger partial charge in [0.15, 0.2) is 0 Å². The van der Waals surface area contributed by atoms with Crippen LogP contribution in [0.2, 0.25) is 0 Å². The number of rotatable bonds is 1. The Morgan fingerprint density at radius 2 is 2.29 bits per heavy atom. The molecule has 0 saturated heterocycles. The number of nitro benzene ring substituents is 1. The Morgan fingerprint density at radius 1 is 1.57 bits per heavy atom. The van der Waals surface area contributed by atoms with Crippen LogP contribution in [0.25, 0.3) is 10.1 Å². The Kier molecular flexibility index (Phi) is 2.67. The topological polar surface area (TPSA) is 43.1 Å². The molecule has 14 heavy (non-hydrogen) atoms. The maximum atomic E-state index is 10.8. The Balaban J connectivity index is 2.89. The average molecular weight is 337 g/mol. The molecule has 3 nitrogen and oxygen atoms in total. The van der Waals surface area contributed by atoms with E-state index in [9.17, 15) is 10.1 Å². The summed E-state index contributed by atoms with van der Waals surface area (Å²) in [6.45, 7) is 0. The van der Waals surface area contributed by atoms with Crippen LogP contribution in [0.1, 0.15) is 0 Å². The SMILES string of the molecule is O=[N+]([O-])c1c(I)cc2sccc2c1S. The van der Waals surface area contributed by atoms with Crippen molar-refractivity contribution in [3.8, 4) is 0 Å². The third-order valence-electron chi connectivity index (χ3n) is 1.84. The van der Waals surface area contributed by atoms with Gasteiger partial charge in [-0.05, 0) is 40.1 Å². The molecule has 0 atom stereocenters. The molecule has 2 aromatic rings. The van der Waals surface area contributed by atoms with Crippen molar-refractivity contribution in [2.45, 2.75) is 4.90 Å². The lowest BCUT2D eigenvalue weighted by molar-refractivity contribution is -0.388. The molecule has 0 saturated carbocycles. The fraction of sp³-hybridized carbons (Fsp3) is 0. The molecule has 0 amide bonds. The maximum Gasteiger partial charge on any atom is 0.296 e. The molecule has 1 heterocycles. The van der Waals surface area contributed by atoms with Crippen molar-refractivity contribution in [1.29, 1.82) is 0 Å². The molecular formula is C8H4INO2S2. The van der Waals surface area contributed by atoms with E-state index in [1.54, 1.807) is 11.3 Å². The highest BCUT2D eigenvalue weighted by Crippen LogP contribution is 2.37. The van der Waals surface area contributed by atoms with Crippen molar-refractivity contribution in [3.05, 3.63) is 31.2 Å². The third kappa shape index (κ3) is 1.51. The van der Waals surface area contributed by atoms with Gasteiger partial charge in [0, 0.05) is 10.1 Å². The molecule has 2 rings (SSSR count). The largest absolute Gasteiger partial charge is 0.296 e. The van der Waals surface area contributed by atoms with Crippen LogP contribution in [-0.4, -0.2) is 4.92 Å². The van der Waals surface area contributed by atoms with E-state index in [-0.39, 0.29) is 10.6 Å². The second-order valence-corrected chi connectivity index (χ2v) is 5.20. The fourth-order valence-corrected chi connectivity index (χ4v) is 3.74. The molecule has 0 fully saturated rings. The monoisotopic (exact) mass is 337 g/mol. The first kappa shape index (κ1) is 10.2. The van der Waals surface area contributed by atoms with Gasteiger partial charge in [0.05, 0.1) is 13.4 Å². The van der Waals surface area contributed by atoms with Crippen molar-refractivity contribution in [3.63, 3.8) is 0 Å². The number of thiol groups is 1. The van der Waals surface area contributed by atoms with Crippen LogP contribution in [0, 0.1) is 13.7 Å². The molecule has 0 aliphatic heterocycles. The zero-order valence-corrected chi connectivity index (χ0v) is 10.6. The highest BCUT2D eigenvalue weighted by Gasteiger charge is 2.19. The summed E-state index contributed by atoms with van der Waals surface area (Å²) in [4.78, 5) is 10.8. The molecule has 72 valence electrons. The number of nitro groups is 1. The number of hydrogen-bond acceptors (Lipinski definition) is 4. The van der Waals surface area contributed by atoms with Gasteiger partial charge in [-0.1, -0.05) is 0 Å². The fourth-order valence-electron chi connectivity index (χ4n) is 1.23. The van der Waals surface area contributed by atoms with Crippen LogP contribution in [0.15, 0.2) is 22.4 Å². The normalized spacial score (nSPS) is 10.7. The molecule has 6 heteroatoms. The minimum atomic E-state index is -0.388. The van der Waals surface area contributed by atoms with Gasteiger partial charge in [-0.3, -0.25) is 10.1 Å². The predicted octanol–water partition coefficient (Wildman–Crippen LogP) is 3.70. The van der Waals surface area contributed by atoms with E-state index in [4.69, 9.17) is 0 Å². The summed E-state index contributed by atoms with van der Waals surface area (Å²) < 4.78 is 1.66. The predicted molar refractivity (Wildman–Crippen MR) is 68.4 cm³/mol. The molecule has 0 aliphatic rings. The Morgan fingerprint density at radius 3 is 2.93 bits per heavy atom. The van der Waals surface area contributed by atoms with Gasteiger partial charge in [0.25, 0.3) is 5.69 Å². The number of hydrogen-bond donors (Lipinski definition) is 1.